The molecular weight excluding hydrogens is 120 g/mol. The quantitative estimate of drug-likeness (QED) is 0.357. The number of hydrogen-bond donors (Lipinski definition) is 3. The van der Waals surface area contributed by atoms with Gasteiger partial charge in [0.05, 0.1) is 5.84 Å². The largest absolute Gasteiger partial charge is 0.481 e. The van der Waals surface area contributed by atoms with Crippen LogP contribution in [0.4, 0.5) is 0 Å². The minimum Gasteiger partial charge on any atom is -0.481 e. The highest BCUT2D eigenvalue weighted by atomic mass is 16.4. The molecule has 0 fully saturated rings. The molecule has 0 unspecified atom stereocenters. The molecule has 0 radical (unpaired) electrons. The Kier molecular flexibility index (Phi) is 8.36. The van der Waals surface area contributed by atoms with Crippen LogP contribution in [0.2, 0.25) is 0 Å². The summed E-state index contributed by atoms with van der Waals surface area (Å²) < 4.78 is 0. The summed E-state index contributed by atoms with van der Waals surface area (Å²) in [5.74, 6) is -0.579. The van der Waals surface area contributed by atoms with Crippen molar-refractivity contribution in [3.63, 3.8) is 0 Å². The van der Waals surface area contributed by atoms with Crippen molar-refractivity contribution in [3.8, 4) is 0 Å². The van der Waals surface area contributed by atoms with E-state index in [2.05, 4.69) is 0 Å². The first-order chi connectivity index (χ1) is 4.00. The molecule has 0 aliphatic rings. The van der Waals surface area contributed by atoms with Crippen LogP contribution >= 0.6 is 0 Å². The average Bonchev–Trinajstić information content (AvgIpc) is 1.65. The van der Waals surface area contributed by atoms with Gasteiger partial charge in [-0.25, -0.2) is 0 Å². The van der Waals surface area contributed by atoms with Crippen molar-refractivity contribution < 1.29 is 9.90 Å². The van der Waals surface area contributed by atoms with Crippen LogP contribution in [0.15, 0.2) is 0 Å². The van der Waals surface area contributed by atoms with Crippen LogP contribution in [0.3, 0.4) is 0 Å². The van der Waals surface area contributed by atoms with Crippen molar-refractivity contribution in [1.82, 2.24) is 0 Å². The van der Waals surface area contributed by atoms with E-state index in [-0.39, 0.29) is 5.84 Å². The van der Waals surface area contributed by atoms with Gasteiger partial charge < -0.3 is 10.8 Å². The molecule has 4 N–H and O–H groups in total. The summed E-state index contributed by atoms with van der Waals surface area (Å²) in [5, 5.41) is 13.9. The van der Waals surface area contributed by atoms with Crippen molar-refractivity contribution in [2.24, 2.45) is 5.73 Å². The lowest BCUT2D eigenvalue weighted by atomic mass is 10.5. The maximum atomic E-state index is 9.00. The van der Waals surface area contributed by atoms with Crippen LogP contribution in [0, 0.1) is 5.41 Å². The zero-order chi connectivity index (χ0) is 7.86. The van der Waals surface area contributed by atoms with Gasteiger partial charge in [-0.15, -0.1) is 0 Å². The van der Waals surface area contributed by atoms with E-state index in [0.717, 1.165) is 6.92 Å². The molecule has 0 saturated carbocycles. The summed E-state index contributed by atoms with van der Waals surface area (Å²) in [6.07, 6.45) is 0.667. The Labute approximate surface area is 54.2 Å². The highest BCUT2D eigenvalue weighted by molar-refractivity contribution is 5.76. The molecule has 0 aliphatic heterocycles. The molecular formula is C5H12N2O2. The second kappa shape index (κ2) is 6.94. The number of carboxylic acids is 1. The second-order valence-corrected chi connectivity index (χ2v) is 1.40. The van der Waals surface area contributed by atoms with E-state index in [1.807, 2.05) is 6.92 Å². The van der Waals surface area contributed by atoms with Crippen LogP contribution < -0.4 is 5.73 Å². The first-order valence-corrected chi connectivity index (χ1v) is 2.53. The third kappa shape index (κ3) is 192. The summed E-state index contributed by atoms with van der Waals surface area (Å²) in [6.45, 7) is 2.93. The van der Waals surface area contributed by atoms with Crippen LogP contribution in [0.25, 0.3) is 0 Å². The van der Waals surface area contributed by atoms with Crippen molar-refractivity contribution in [2.45, 2.75) is 20.3 Å². The normalized spacial score (nSPS) is 6.89. The highest BCUT2D eigenvalue weighted by Crippen LogP contribution is 1.64. The van der Waals surface area contributed by atoms with Crippen molar-refractivity contribution in [2.75, 3.05) is 0 Å². The summed E-state index contributed by atoms with van der Waals surface area (Å²) >= 11 is 0. The molecule has 9 heavy (non-hydrogen) atoms. The Bertz CT molecular complexity index is 97.1. The maximum absolute atomic E-state index is 9.00. The lowest BCUT2D eigenvalue weighted by Crippen LogP contribution is -2.05. The first kappa shape index (κ1) is 10.8. The van der Waals surface area contributed by atoms with Crippen LogP contribution in [-0.4, -0.2) is 16.9 Å². The Morgan fingerprint density at radius 3 is 1.89 bits per heavy atom. The molecule has 0 aliphatic carbocycles. The standard InChI is InChI=1S/C3H8N2.C2H4O2/c1-2-3(4)5;1-2(3)4/h2H2,1H3,(H3,4,5);1H3,(H,3,4). The van der Waals surface area contributed by atoms with Gasteiger partial charge in [0.15, 0.2) is 0 Å². The van der Waals surface area contributed by atoms with Crippen molar-refractivity contribution in [3.05, 3.63) is 0 Å². The third-order valence-electron chi connectivity index (χ3n) is 0.381. The van der Waals surface area contributed by atoms with Crippen LogP contribution in [0.5, 0.6) is 0 Å². The van der Waals surface area contributed by atoms with Crippen LogP contribution in [0.1, 0.15) is 20.3 Å². The molecule has 54 valence electrons. The summed E-state index contributed by atoms with van der Waals surface area (Å²) in [6, 6.07) is 0. The first-order valence-electron chi connectivity index (χ1n) is 2.53. The molecule has 0 bridgehead atoms. The molecule has 0 heterocycles. The predicted molar refractivity (Wildman–Crippen MR) is 35.5 cm³/mol. The zero-order valence-corrected chi connectivity index (χ0v) is 5.64. The van der Waals surface area contributed by atoms with Gasteiger partial charge in [0, 0.05) is 13.3 Å². The van der Waals surface area contributed by atoms with Gasteiger partial charge in [-0.1, -0.05) is 6.92 Å². The van der Waals surface area contributed by atoms with E-state index in [0.29, 0.717) is 6.42 Å². The van der Waals surface area contributed by atoms with Gasteiger partial charge in [-0.3, -0.25) is 10.2 Å². The number of hydrogen-bond acceptors (Lipinski definition) is 2. The third-order valence-corrected chi connectivity index (χ3v) is 0.381. The van der Waals surface area contributed by atoms with E-state index in [1.165, 1.54) is 0 Å². The Balaban J connectivity index is 0. The molecule has 0 aromatic heterocycles. The summed E-state index contributed by atoms with van der Waals surface area (Å²) in [5.41, 5.74) is 4.88. The maximum Gasteiger partial charge on any atom is 0.300 e. The van der Waals surface area contributed by atoms with E-state index < -0.39 is 5.97 Å². The number of carboxylic acid groups (broad SMARTS) is 1. The lowest BCUT2D eigenvalue weighted by Gasteiger charge is -1.79. The fourth-order valence-corrected chi connectivity index (χ4v) is 0. The fraction of sp³-hybridized carbons (Fsp3) is 0.600. The van der Waals surface area contributed by atoms with Gasteiger partial charge in [-0.2, -0.15) is 0 Å². The molecule has 0 aromatic carbocycles. The summed E-state index contributed by atoms with van der Waals surface area (Å²) in [7, 11) is 0. The monoisotopic (exact) mass is 132 g/mol. The Morgan fingerprint density at radius 2 is 1.89 bits per heavy atom. The Morgan fingerprint density at radius 1 is 1.78 bits per heavy atom. The van der Waals surface area contributed by atoms with E-state index in [9.17, 15) is 0 Å². The fourth-order valence-electron chi connectivity index (χ4n) is 0. The van der Waals surface area contributed by atoms with Gasteiger partial charge in [0.1, 0.15) is 0 Å². The van der Waals surface area contributed by atoms with Crippen LogP contribution in [-0.2, 0) is 4.79 Å². The Hall–Kier alpha value is -1.06. The molecule has 0 aromatic rings. The number of carbonyl (C=O) groups is 1. The number of nitrogens with one attached hydrogen (secondary N) is 1. The van der Waals surface area contributed by atoms with Crippen molar-refractivity contribution in [1.29, 1.82) is 5.41 Å². The number of amidine groups is 1. The highest BCUT2D eigenvalue weighted by Gasteiger charge is 1.70. The average molecular weight is 132 g/mol. The van der Waals surface area contributed by atoms with Gasteiger partial charge >= 0.3 is 0 Å². The minimum atomic E-state index is -0.833. The van der Waals surface area contributed by atoms with Crippen molar-refractivity contribution >= 4 is 11.8 Å². The summed E-state index contributed by atoms with van der Waals surface area (Å²) in [4.78, 5) is 9.00. The molecule has 0 spiro atoms. The predicted octanol–water partition coefficient (Wildman–Crippen LogP) is 0.423. The van der Waals surface area contributed by atoms with E-state index in [1.54, 1.807) is 0 Å². The number of nitrogens with two attached hydrogens (primary N) is 1. The molecule has 0 saturated heterocycles. The van der Waals surface area contributed by atoms with E-state index in [4.69, 9.17) is 21.0 Å². The van der Waals surface area contributed by atoms with Gasteiger partial charge in [-0.05, 0) is 0 Å². The molecule has 4 heteroatoms. The number of rotatable bonds is 1. The second-order valence-electron chi connectivity index (χ2n) is 1.40. The number of aliphatic carboxylic acids is 1. The SMILES string of the molecule is CC(=O)O.CCC(=N)N. The zero-order valence-electron chi connectivity index (χ0n) is 5.64. The molecule has 0 amide bonds. The van der Waals surface area contributed by atoms with Gasteiger partial charge in [0.25, 0.3) is 5.97 Å². The van der Waals surface area contributed by atoms with Gasteiger partial charge in [0.2, 0.25) is 0 Å². The minimum absolute atomic E-state index is 0.255. The van der Waals surface area contributed by atoms with E-state index >= 15 is 0 Å². The topological polar surface area (TPSA) is 87.2 Å². The molecule has 4 nitrogen and oxygen atoms in total. The molecule has 0 atom stereocenters. The molecule has 0 rings (SSSR count). The smallest absolute Gasteiger partial charge is 0.300 e. The lowest BCUT2D eigenvalue weighted by molar-refractivity contribution is -0.134.